The van der Waals surface area contributed by atoms with Crippen LogP contribution in [0.5, 0.6) is 0 Å². The Bertz CT molecular complexity index is 1210. The minimum Gasteiger partial charge on any atom is -0.415 e. The first-order valence-electron chi connectivity index (χ1n) is 12.3. The van der Waals surface area contributed by atoms with Crippen LogP contribution >= 0.6 is 0 Å². The van der Waals surface area contributed by atoms with Crippen molar-refractivity contribution < 1.29 is 28.0 Å². The van der Waals surface area contributed by atoms with E-state index in [0.29, 0.717) is 11.3 Å². The van der Waals surface area contributed by atoms with Gasteiger partial charge in [0.15, 0.2) is 0 Å². The normalized spacial score (nSPS) is 14.3. The second-order valence-electron chi connectivity index (χ2n) is 9.51. The van der Waals surface area contributed by atoms with E-state index in [9.17, 15) is 18.3 Å². The third-order valence-electron chi connectivity index (χ3n) is 6.07. The Hall–Kier alpha value is -3.11. The lowest BCUT2D eigenvalue weighted by atomic mass is 10.00. The Morgan fingerprint density at radius 2 is 1.59 bits per heavy atom. The van der Waals surface area contributed by atoms with E-state index in [-0.39, 0.29) is 30.5 Å². The van der Waals surface area contributed by atoms with Crippen molar-refractivity contribution in [2.24, 2.45) is 5.92 Å². The van der Waals surface area contributed by atoms with Gasteiger partial charge >= 0.3 is 6.09 Å². The summed E-state index contributed by atoms with van der Waals surface area (Å²) in [6.07, 6.45) is 1.95. The monoisotopic (exact) mass is 526 g/mol. The third-order valence-corrected chi connectivity index (χ3v) is 7.92. The molecule has 0 bridgehead atoms. The topological polar surface area (TPSA) is 101 Å². The van der Waals surface area contributed by atoms with E-state index < -0.39 is 28.3 Å². The van der Waals surface area contributed by atoms with Crippen molar-refractivity contribution in [1.82, 2.24) is 9.29 Å². The fraction of sp³-hybridized carbons (Fsp3) is 0.357. The zero-order chi connectivity index (χ0) is 26.8. The highest BCUT2D eigenvalue weighted by Crippen LogP contribution is 2.18. The minimum atomic E-state index is -3.85. The number of aromatic nitrogens is 1. The summed E-state index contributed by atoms with van der Waals surface area (Å²) in [6.45, 7) is 3.99. The molecule has 8 nitrogen and oxygen atoms in total. The molecule has 0 aliphatic rings. The molecule has 2 aromatic carbocycles. The van der Waals surface area contributed by atoms with Gasteiger partial charge in [-0.2, -0.15) is 9.10 Å². The molecule has 2 N–H and O–H groups in total. The number of rotatable bonds is 12. The number of hydrogen-bond donors (Lipinski definition) is 2. The summed E-state index contributed by atoms with van der Waals surface area (Å²) in [7, 11) is -2.21. The molecule has 1 unspecified atom stereocenters. The van der Waals surface area contributed by atoms with Crippen LogP contribution in [0.2, 0.25) is 0 Å². The molecule has 0 saturated heterocycles. The first-order chi connectivity index (χ1) is 17.7. The Morgan fingerprint density at radius 3 is 2.19 bits per heavy atom. The molecule has 0 saturated carbocycles. The number of likely N-dealkylation sites (N-methyl/N-ethyl adjacent to an activating group) is 1. The maximum absolute atomic E-state index is 13.5. The van der Waals surface area contributed by atoms with E-state index in [4.69, 9.17) is 4.74 Å². The van der Waals surface area contributed by atoms with Crippen LogP contribution in [0.1, 0.15) is 25.0 Å². The summed E-state index contributed by atoms with van der Waals surface area (Å²) < 4.78 is 33.7. The number of benzene rings is 2. The first-order valence-corrected chi connectivity index (χ1v) is 13.8. The number of hydrogen-bond acceptors (Lipinski definition) is 6. The number of carbonyl (C=O) groups excluding carboxylic acids is 1. The maximum atomic E-state index is 13.5. The molecule has 3 aromatic rings. The van der Waals surface area contributed by atoms with E-state index in [1.807, 2.05) is 50.2 Å². The number of carbonyl (C=O) groups is 1. The number of nitrogens with one attached hydrogen (secondary N) is 1. The van der Waals surface area contributed by atoms with E-state index in [1.54, 1.807) is 55.8 Å². The molecule has 0 spiro atoms. The predicted octanol–water partition coefficient (Wildman–Crippen LogP) is 2.55. The number of sulfonamides is 1. The number of ether oxygens (including phenoxy) is 1. The van der Waals surface area contributed by atoms with Gasteiger partial charge in [-0.05, 0) is 29.7 Å². The van der Waals surface area contributed by atoms with E-state index >= 15 is 0 Å². The SMILES string of the molecule is CC(C)CN(C[C@@H](O)[C@H](Cc1ccccc1)[NH+](C)C(=O)OCc1cccnc1)S(=O)(=O)c1ccccc1. The number of alkyl carbamates (subject to hydrolysis) is 2. The fourth-order valence-corrected chi connectivity index (χ4v) is 5.74. The largest absolute Gasteiger partial charge is 0.514 e. The molecule has 0 aliphatic heterocycles. The van der Waals surface area contributed by atoms with Crippen LogP contribution in [0.25, 0.3) is 0 Å². The lowest BCUT2D eigenvalue weighted by molar-refractivity contribution is -0.835. The lowest BCUT2D eigenvalue weighted by Gasteiger charge is -2.31. The average Bonchev–Trinajstić information content (AvgIpc) is 2.91. The van der Waals surface area contributed by atoms with Gasteiger partial charge in [0.2, 0.25) is 10.0 Å². The van der Waals surface area contributed by atoms with E-state index in [0.717, 1.165) is 11.1 Å². The predicted molar refractivity (Wildman–Crippen MR) is 141 cm³/mol. The van der Waals surface area contributed by atoms with Crippen LogP contribution < -0.4 is 4.90 Å². The second kappa shape index (κ2) is 13.4. The van der Waals surface area contributed by atoms with Crippen LogP contribution in [0.3, 0.4) is 0 Å². The molecule has 1 aromatic heterocycles. The van der Waals surface area contributed by atoms with Crippen molar-refractivity contribution in [2.45, 2.75) is 43.9 Å². The number of quaternary nitrogens is 1. The van der Waals surface area contributed by atoms with Crippen LogP contribution in [-0.4, -0.2) is 61.2 Å². The molecule has 198 valence electrons. The Morgan fingerprint density at radius 1 is 0.973 bits per heavy atom. The summed E-state index contributed by atoms with van der Waals surface area (Å²) in [5.74, 6) is 0.0350. The molecule has 1 amide bonds. The zero-order valence-electron chi connectivity index (χ0n) is 21.5. The van der Waals surface area contributed by atoms with Gasteiger partial charge in [-0.15, -0.1) is 0 Å². The molecule has 3 rings (SSSR count). The van der Waals surface area contributed by atoms with E-state index in [2.05, 4.69) is 4.98 Å². The molecular formula is C28H36N3O5S+. The van der Waals surface area contributed by atoms with Crippen LogP contribution in [0.4, 0.5) is 4.79 Å². The van der Waals surface area contributed by atoms with Crippen molar-refractivity contribution in [3.8, 4) is 0 Å². The highest BCUT2D eigenvalue weighted by Gasteiger charge is 2.37. The van der Waals surface area contributed by atoms with Gasteiger partial charge in [-0.25, -0.2) is 13.3 Å². The summed E-state index contributed by atoms with van der Waals surface area (Å²) in [5, 5.41) is 11.4. The summed E-state index contributed by atoms with van der Waals surface area (Å²) >= 11 is 0. The number of amides is 1. The average molecular weight is 527 g/mol. The highest BCUT2D eigenvalue weighted by molar-refractivity contribution is 7.89. The van der Waals surface area contributed by atoms with Gasteiger partial charge in [0.05, 0.1) is 11.9 Å². The van der Waals surface area contributed by atoms with Crippen molar-refractivity contribution in [3.05, 3.63) is 96.3 Å². The Labute approximate surface area is 219 Å². The Kier molecular flexibility index (Phi) is 10.3. The lowest BCUT2D eigenvalue weighted by Crippen LogP contribution is -3.17. The zero-order valence-corrected chi connectivity index (χ0v) is 22.3. The van der Waals surface area contributed by atoms with Crippen LogP contribution in [0.15, 0.2) is 90.1 Å². The number of aliphatic hydroxyl groups excluding tert-OH is 1. The van der Waals surface area contributed by atoms with Gasteiger partial charge in [-0.1, -0.05) is 68.4 Å². The van der Waals surface area contributed by atoms with Crippen molar-refractivity contribution >= 4 is 16.1 Å². The van der Waals surface area contributed by atoms with Gasteiger partial charge in [-0.3, -0.25) is 4.98 Å². The van der Waals surface area contributed by atoms with Gasteiger partial charge in [0.25, 0.3) is 0 Å². The summed E-state index contributed by atoms with van der Waals surface area (Å²) in [6, 6.07) is 20.6. The standard InChI is InChI=1S/C28H35N3O5S/c1-22(2)19-31(37(34,35)25-14-8-5-9-15-25)20-27(32)26(17-23-11-6-4-7-12-23)30(3)28(33)36-21-24-13-10-16-29-18-24/h4-16,18,22,26-27,32H,17,19-21H2,1-3H3/p+1/t26-,27+/m0/s1. The van der Waals surface area contributed by atoms with Crippen LogP contribution in [0, 0.1) is 5.92 Å². The van der Waals surface area contributed by atoms with E-state index in [1.165, 1.54) is 4.31 Å². The molecule has 37 heavy (non-hydrogen) atoms. The molecule has 9 heteroatoms. The maximum Gasteiger partial charge on any atom is 0.514 e. The van der Waals surface area contributed by atoms with Crippen LogP contribution in [-0.2, 0) is 27.8 Å². The molecule has 0 radical (unpaired) electrons. The van der Waals surface area contributed by atoms with Crippen molar-refractivity contribution in [3.63, 3.8) is 0 Å². The molecule has 0 fully saturated rings. The first kappa shape index (κ1) is 28.5. The third kappa shape index (κ3) is 8.19. The molecular weight excluding hydrogens is 490 g/mol. The molecule has 3 atom stereocenters. The minimum absolute atomic E-state index is 0.0350. The number of aliphatic hydroxyl groups is 1. The second-order valence-corrected chi connectivity index (χ2v) is 11.5. The van der Waals surface area contributed by atoms with Crippen molar-refractivity contribution in [2.75, 3.05) is 20.1 Å². The van der Waals surface area contributed by atoms with Crippen molar-refractivity contribution in [1.29, 1.82) is 0 Å². The fourth-order valence-electron chi connectivity index (χ4n) is 4.10. The van der Waals surface area contributed by atoms with Gasteiger partial charge in [0.1, 0.15) is 18.8 Å². The summed E-state index contributed by atoms with van der Waals surface area (Å²) in [5.41, 5.74) is 1.67. The number of pyridine rings is 1. The van der Waals surface area contributed by atoms with Gasteiger partial charge < -0.3 is 9.84 Å². The smallest absolute Gasteiger partial charge is 0.415 e. The number of nitrogens with zero attached hydrogens (tertiary/aromatic N) is 2. The quantitative estimate of drug-likeness (QED) is 0.376. The molecule has 1 heterocycles. The summed E-state index contributed by atoms with van der Waals surface area (Å²) in [4.78, 5) is 17.5. The highest BCUT2D eigenvalue weighted by atomic mass is 32.2. The Balaban J connectivity index is 1.83. The van der Waals surface area contributed by atoms with Gasteiger partial charge in [0, 0.05) is 37.5 Å². The molecule has 0 aliphatic carbocycles.